The number of carbonyl (C=O) groups excluding carboxylic acids is 1. The Morgan fingerprint density at radius 1 is 1.21 bits per heavy atom. The minimum absolute atomic E-state index is 0.168. The molecule has 0 spiro atoms. The fourth-order valence-corrected chi connectivity index (χ4v) is 3.77. The molecule has 7 heteroatoms. The lowest BCUT2D eigenvalue weighted by atomic mass is 10.1. The van der Waals surface area contributed by atoms with Crippen molar-refractivity contribution < 1.29 is 9.32 Å². The van der Waals surface area contributed by atoms with Crippen molar-refractivity contribution in [3.8, 4) is 0 Å². The summed E-state index contributed by atoms with van der Waals surface area (Å²) in [5.74, 6) is 0.799. The van der Waals surface area contributed by atoms with E-state index in [0.29, 0.717) is 11.1 Å². The number of hydrogen-bond acceptors (Lipinski definition) is 5. The number of amides is 1. The normalized spacial score (nSPS) is 14.9. The van der Waals surface area contributed by atoms with Gasteiger partial charge in [-0.15, -0.1) is 0 Å². The molecule has 1 fully saturated rings. The Morgan fingerprint density at radius 3 is 2.93 bits per heavy atom. The summed E-state index contributed by atoms with van der Waals surface area (Å²) in [4.78, 5) is 23.1. The molecular weight excluding hydrogens is 354 g/mol. The summed E-state index contributed by atoms with van der Waals surface area (Å²) in [6.45, 7) is 4.97. The number of nitrogens with one attached hydrogen (secondary N) is 2. The van der Waals surface area contributed by atoms with Crippen LogP contribution in [-0.2, 0) is 6.54 Å². The van der Waals surface area contributed by atoms with Gasteiger partial charge in [0.1, 0.15) is 5.82 Å². The minimum atomic E-state index is -0.168. The van der Waals surface area contributed by atoms with Crippen LogP contribution in [0.2, 0.25) is 0 Å². The first-order chi connectivity index (χ1) is 13.7. The summed E-state index contributed by atoms with van der Waals surface area (Å²) >= 11 is 0. The number of aryl methyl sites for hydroxylation is 1. The molecule has 0 saturated carbocycles. The van der Waals surface area contributed by atoms with Crippen molar-refractivity contribution >= 4 is 33.6 Å². The highest BCUT2D eigenvalue weighted by atomic mass is 16.5. The first-order valence-electron chi connectivity index (χ1n) is 9.54. The molecule has 4 aromatic rings. The molecule has 3 heterocycles. The first-order valence-corrected chi connectivity index (χ1v) is 9.54. The van der Waals surface area contributed by atoms with Gasteiger partial charge in [-0.05, 0) is 69.3 Å². The number of nitrogens with zero attached hydrogens (tertiary/aromatic N) is 3. The monoisotopic (exact) mass is 375 g/mol. The molecule has 28 heavy (non-hydrogen) atoms. The van der Waals surface area contributed by atoms with Gasteiger partial charge < -0.3 is 14.8 Å². The number of hydrogen-bond donors (Lipinski definition) is 2. The number of H-pyrrole nitrogens is 1. The molecule has 1 saturated heterocycles. The molecular formula is C21H21N5O2. The van der Waals surface area contributed by atoms with Gasteiger partial charge in [-0.1, -0.05) is 5.16 Å². The standard InChI is InChI=1S/C21H21N5O2/c1-13-16-10-14(4-7-19(16)28-25-13)21(27)22-15-5-6-17-18(11-15)24-20(23-17)12-26-8-2-3-9-26/h4-7,10-11H,2-3,8-9,12H2,1H3,(H,22,27)(H,23,24). The molecule has 0 aliphatic carbocycles. The van der Waals surface area contributed by atoms with E-state index >= 15 is 0 Å². The summed E-state index contributed by atoms with van der Waals surface area (Å²) in [5.41, 5.74) is 4.59. The van der Waals surface area contributed by atoms with Gasteiger partial charge in [-0.3, -0.25) is 9.69 Å². The largest absolute Gasteiger partial charge is 0.356 e. The minimum Gasteiger partial charge on any atom is -0.356 e. The van der Waals surface area contributed by atoms with E-state index in [1.807, 2.05) is 25.1 Å². The summed E-state index contributed by atoms with van der Waals surface area (Å²) < 4.78 is 5.20. The van der Waals surface area contributed by atoms with Crippen LogP contribution in [0.5, 0.6) is 0 Å². The van der Waals surface area contributed by atoms with Gasteiger partial charge in [0, 0.05) is 16.6 Å². The van der Waals surface area contributed by atoms with Crippen LogP contribution in [0.15, 0.2) is 40.9 Å². The first kappa shape index (κ1) is 16.9. The zero-order chi connectivity index (χ0) is 19.1. The smallest absolute Gasteiger partial charge is 0.255 e. The van der Waals surface area contributed by atoms with E-state index in [9.17, 15) is 4.79 Å². The van der Waals surface area contributed by atoms with Crippen LogP contribution in [0.4, 0.5) is 5.69 Å². The van der Waals surface area contributed by atoms with Crippen LogP contribution in [0.25, 0.3) is 22.0 Å². The summed E-state index contributed by atoms with van der Waals surface area (Å²) in [7, 11) is 0. The number of aromatic amines is 1. The third-order valence-corrected chi connectivity index (χ3v) is 5.27. The van der Waals surface area contributed by atoms with Crippen LogP contribution in [0.3, 0.4) is 0 Å². The SMILES string of the molecule is Cc1noc2ccc(C(=O)Nc3ccc4nc(CN5CCCC5)[nH]c4c3)cc12. The Balaban J connectivity index is 1.36. The predicted molar refractivity (Wildman–Crippen MR) is 107 cm³/mol. The number of anilines is 1. The molecule has 0 unspecified atom stereocenters. The zero-order valence-electron chi connectivity index (χ0n) is 15.7. The number of benzene rings is 2. The Morgan fingerprint density at radius 2 is 2.07 bits per heavy atom. The number of rotatable bonds is 4. The summed E-state index contributed by atoms with van der Waals surface area (Å²) in [5, 5.41) is 7.74. The van der Waals surface area contributed by atoms with Crippen LogP contribution >= 0.6 is 0 Å². The Kier molecular flexibility index (Phi) is 4.09. The van der Waals surface area contributed by atoms with E-state index in [1.165, 1.54) is 12.8 Å². The Bertz CT molecular complexity index is 1170. The quantitative estimate of drug-likeness (QED) is 0.566. The van der Waals surface area contributed by atoms with Crippen LogP contribution in [0.1, 0.15) is 34.7 Å². The van der Waals surface area contributed by atoms with Crippen molar-refractivity contribution in [3.05, 3.63) is 53.5 Å². The van der Waals surface area contributed by atoms with E-state index in [0.717, 1.165) is 53.3 Å². The van der Waals surface area contributed by atoms with E-state index in [4.69, 9.17) is 4.52 Å². The topological polar surface area (TPSA) is 87.1 Å². The number of carbonyl (C=O) groups is 1. The third-order valence-electron chi connectivity index (χ3n) is 5.27. The van der Waals surface area contributed by atoms with Gasteiger partial charge in [0.2, 0.25) is 0 Å². The van der Waals surface area contributed by atoms with Gasteiger partial charge >= 0.3 is 0 Å². The van der Waals surface area contributed by atoms with Crippen molar-refractivity contribution in [2.24, 2.45) is 0 Å². The van der Waals surface area contributed by atoms with Crippen molar-refractivity contribution in [2.45, 2.75) is 26.3 Å². The fraction of sp³-hybridized carbons (Fsp3) is 0.286. The van der Waals surface area contributed by atoms with E-state index < -0.39 is 0 Å². The molecule has 2 aromatic heterocycles. The van der Waals surface area contributed by atoms with Crippen LogP contribution in [0, 0.1) is 6.92 Å². The lowest BCUT2D eigenvalue weighted by Gasteiger charge is -2.11. The molecule has 142 valence electrons. The molecule has 0 radical (unpaired) electrons. The maximum Gasteiger partial charge on any atom is 0.255 e. The summed E-state index contributed by atoms with van der Waals surface area (Å²) in [6, 6.07) is 11.1. The fourth-order valence-electron chi connectivity index (χ4n) is 3.77. The Labute approximate surface area is 161 Å². The average molecular weight is 375 g/mol. The molecule has 0 bridgehead atoms. The Hall–Kier alpha value is -3.19. The third kappa shape index (κ3) is 3.14. The molecule has 1 aliphatic heterocycles. The molecule has 0 atom stereocenters. The van der Waals surface area contributed by atoms with E-state index in [-0.39, 0.29) is 5.91 Å². The highest BCUT2D eigenvalue weighted by molar-refractivity contribution is 6.06. The van der Waals surface area contributed by atoms with Crippen LogP contribution < -0.4 is 5.32 Å². The highest BCUT2D eigenvalue weighted by Gasteiger charge is 2.15. The second kappa shape index (κ2) is 6.76. The molecule has 7 nitrogen and oxygen atoms in total. The van der Waals surface area contributed by atoms with E-state index in [2.05, 4.69) is 25.3 Å². The van der Waals surface area contributed by atoms with Gasteiger partial charge in [-0.25, -0.2) is 4.98 Å². The second-order valence-electron chi connectivity index (χ2n) is 7.33. The van der Waals surface area contributed by atoms with E-state index in [1.54, 1.807) is 18.2 Å². The maximum absolute atomic E-state index is 12.7. The summed E-state index contributed by atoms with van der Waals surface area (Å²) in [6.07, 6.45) is 2.52. The van der Waals surface area contributed by atoms with Crippen molar-refractivity contribution in [1.82, 2.24) is 20.0 Å². The number of imidazole rings is 1. The lowest BCUT2D eigenvalue weighted by molar-refractivity contribution is 0.102. The second-order valence-corrected chi connectivity index (χ2v) is 7.33. The van der Waals surface area contributed by atoms with Crippen molar-refractivity contribution in [3.63, 3.8) is 0 Å². The maximum atomic E-state index is 12.7. The molecule has 5 rings (SSSR count). The molecule has 2 aromatic carbocycles. The highest BCUT2D eigenvalue weighted by Crippen LogP contribution is 2.22. The predicted octanol–water partition coefficient (Wildman–Crippen LogP) is 3.86. The van der Waals surface area contributed by atoms with Crippen LogP contribution in [-0.4, -0.2) is 39.0 Å². The van der Waals surface area contributed by atoms with Crippen molar-refractivity contribution in [1.29, 1.82) is 0 Å². The number of likely N-dealkylation sites (tertiary alicyclic amines) is 1. The molecule has 1 amide bonds. The van der Waals surface area contributed by atoms with Gasteiger partial charge in [0.15, 0.2) is 5.58 Å². The van der Waals surface area contributed by atoms with Crippen molar-refractivity contribution in [2.75, 3.05) is 18.4 Å². The van der Waals surface area contributed by atoms with Gasteiger partial charge in [-0.2, -0.15) is 0 Å². The lowest BCUT2D eigenvalue weighted by Crippen LogP contribution is -2.19. The van der Waals surface area contributed by atoms with Gasteiger partial charge in [0.25, 0.3) is 5.91 Å². The molecule has 2 N–H and O–H groups in total. The number of fused-ring (bicyclic) bond motifs is 2. The molecule has 1 aliphatic rings. The van der Waals surface area contributed by atoms with Gasteiger partial charge in [0.05, 0.1) is 23.3 Å². The average Bonchev–Trinajstić information content (AvgIpc) is 3.42. The zero-order valence-corrected chi connectivity index (χ0v) is 15.7. The number of aromatic nitrogens is 3.